The van der Waals surface area contributed by atoms with E-state index in [9.17, 15) is 14.4 Å². The number of ketones is 1. The number of carbonyl (C=O) groups excluding carboxylic acids is 3. The van der Waals surface area contributed by atoms with Crippen molar-refractivity contribution in [2.75, 3.05) is 13.7 Å². The lowest BCUT2D eigenvalue weighted by atomic mass is 10.0. The van der Waals surface area contributed by atoms with E-state index in [4.69, 9.17) is 21.1 Å². The molecule has 0 radical (unpaired) electrons. The normalized spacial score (nSPS) is 10.8. The fourth-order valence-corrected chi connectivity index (χ4v) is 3.55. The summed E-state index contributed by atoms with van der Waals surface area (Å²) >= 11 is 5.94. The van der Waals surface area contributed by atoms with Crippen LogP contribution in [0.2, 0.25) is 5.02 Å². The van der Waals surface area contributed by atoms with E-state index in [0.29, 0.717) is 33.1 Å². The van der Waals surface area contributed by atoms with Crippen molar-refractivity contribution < 1.29 is 23.9 Å². The molecule has 0 fully saturated rings. The van der Waals surface area contributed by atoms with Crippen LogP contribution in [0, 0.1) is 6.92 Å². The van der Waals surface area contributed by atoms with Crippen molar-refractivity contribution in [1.29, 1.82) is 0 Å². The molecule has 0 unspecified atom stereocenters. The third-order valence-electron chi connectivity index (χ3n) is 4.86. The Labute approximate surface area is 179 Å². The Morgan fingerprint density at radius 3 is 2.40 bits per heavy atom. The van der Waals surface area contributed by atoms with Gasteiger partial charge in [-0.15, -0.1) is 0 Å². The Morgan fingerprint density at radius 2 is 1.77 bits per heavy atom. The molecular formula is C23H22ClNO5. The predicted octanol–water partition coefficient (Wildman–Crippen LogP) is 4.37. The zero-order valence-corrected chi connectivity index (χ0v) is 17.8. The number of benzene rings is 2. The Kier molecular flexibility index (Phi) is 6.57. The van der Waals surface area contributed by atoms with Crippen molar-refractivity contribution in [3.8, 4) is 5.75 Å². The fraction of sp³-hybridized carbons (Fsp3) is 0.261. The molecule has 0 aliphatic carbocycles. The SMILES string of the molecule is CCOC(=O)CC(=O)Cc1c(C)n(C(=O)c2ccc(Cl)cc2)c2ccc(OC)cc12. The number of hydrogen-bond donors (Lipinski definition) is 0. The first kappa shape index (κ1) is 21.6. The Balaban J connectivity index is 2.07. The highest BCUT2D eigenvalue weighted by molar-refractivity contribution is 6.30. The number of hydrogen-bond acceptors (Lipinski definition) is 5. The molecule has 0 bridgehead atoms. The van der Waals surface area contributed by atoms with E-state index in [1.807, 2.05) is 0 Å². The molecule has 2 aromatic carbocycles. The van der Waals surface area contributed by atoms with Crippen molar-refractivity contribution >= 4 is 40.2 Å². The highest BCUT2D eigenvalue weighted by Crippen LogP contribution is 2.31. The van der Waals surface area contributed by atoms with Crippen LogP contribution in [0.15, 0.2) is 42.5 Å². The average molecular weight is 428 g/mol. The van der Waals surface area contributed by atoms with Gasteiger partial charge in [0.2, 0.25) is 0 Å². The highest BCUT2D eigenvalue weighted by atomic mass is 35.5. The summed E-state index contributed by atoms with van der Waals surface area (Å²) in [6, 6.07) is 12.0. The van der Waals surface area contributed by atoms with Gasteiger partial charge in [0, 0.05) is 28.1 Å². The molecule has 0 spiro atoms. The number of ether oxygens (including phenoxy) is 2. The molecule has 0 aliphatic rings. The summed E-state index contributed by atoms with van der Waals surface area (Å²) in [7, 11) is 1.55. The van der Waals surface area contributed by atoms with Gasteiger partial charge in [-0.25, -0.2) is 0 Å². The van der Waals surface area contributed by atoms with Gasteiger partial charge in [-0.1, -0.05) is 11.6 Å². The minimum absolute atomic E-state index is 0.00914. The first-order chi connectivity index (χ1) is 14.3. The summed E-state index contributed by atoms with van der Waals surface area (Å²) in [5, 5.41) is 1.27. The molecule has 0 saturated carbocycles. The first-order valence-electron chi connectivity index (χ1n) is 9.51. The summed E-state index contributed by atoms with van der Waals surface area (Å²) in [5.41, 5.74) is 2.45. The molecule has 0 amide bonds. The summed E-state index contributed by atoms with van der Waals surface area (Å²) in [6.45, 7) is 3.69. The van der Waals surface area contributed by atoms with Gasteiger partial charge in [0.1, 0.15) is 18.0 Å². The maximum absolute atomic E-state index is 13.2. The number of methoxy groups -OCH3 is 1. The molecule has 0 saturated heterocycles. The number of rotatable bonds is 7. The molecule has 156 valence electrons. The lowest BCUT2D eigenvalue weighted by molar-refractivity contribution is -0.145. The molecule has 1 aromatic heterocycles. The summed E-state index contributed by atoms with van der Waals surface area (Å²) in [6.07, 6.45) is -0.301. The van der Waals surface area contributed by atoms with E-state index >= 15 is 0 Å². The van der Waals surface area contributed by atoms with Crippen molar-refractivity contribution in [3.05, 3.63) is 64.3 Å². The lowest BCUT2D eigenvalue weighted by Gasteiger charge is -2.08. The number of aromatic nitrogens is 1. The van der Waals surface area contributed by atoms with Crippen molar-refractivity contribution in [1.82, 2.24) is 4.57 Å². The summed E-state index contributed by atoms with van der Waals surface area (Å²) in [4.78, 5) is 37.4. The lowest BCUT2D eigenvalue weighted by Crippen LogP contribution is -2.15. The van der Waals surface area contributed by atoms with Gasteiger partial charge in [0.25, 0.3) is 5.91 Å². The molecule has 1 heterocycles. The number of Topliss-reactive ketones (excluding diaryl/α,β-unsaturated/α-hetero) is 1. The number of fused-ring (bicyclic) bond motifs is 1. The molecule has 6 nitrogen and oxygen atoms in total. The second kappa shape index (κ2) is 9.13. The van der Waals surface area contributed by atoms with E-state index in [1.165, 1.54) is 0 Å². The largest absolute Gasteiger partial charge is 0.497 e. The van der Waals surface area contributed by atoms with Crippen LogP contribution in [-0.4, -0.2) is 35.9 Å². The van der Waals surface area contributed by atoms with Gasteiger partial charge in [-0.05, 0) is 61.9 Å². The van der Waals surface area contributed by atoms with Crippen molar-refractivity contribution in [2.45, 2.75) is 26.7 Å². The summed E-state index contributed by atoms with van der Waals surface area (Å²) in [5.74, 6) is -0.461. The smallest absolute Gasteiger partial charge is 0.313 e. The second-order valence-corrected chi connectivity index (χ2v) is 7.23. The van der Waals surface area contributed by atoms with Crippen LogP contribution in [0.3, 0.4) is 0 Å². The summed E-state index contributed by atoms with van der Waals surface area (Å²) < 4.78 is 11.8. The molecule has 3 rings (SSSR count). The quantitative estimate of drug-likeness (QED) is 0.413. The van der Waals surface area contributed by atoms with Crippen LogP contribution in [0.5, 0.6) is 5.75 Å². The Hall–Kier alpha value is -3.12. The zero-order valence-electron chi connectivity index (χ0n) is 17.0. The fourth-order valence-electron chi connectivity index (χ4n) is 3.43. The van der Waals surface area contributed by atoms with Crippen LogP contribution in [0.1, 0.15) is 35.0 Å². The van der Waals surface area contributed by atoms with Crippen LogP contribution in [0.4, 0.5) is 0 Å². The Morgan fingerprint density at radius 1 is 1.07 bits per heavy atom. The van der Waals surface area contributed by atoms with Crippen LogP contribution >= 0.6 is 11.6 Å². The van der Waals surface area contributed by atoms with E-state index in [-0.39, 0.29) is 31.1 Å². The molecular weight excluding hydrogens is 406 g/mol. The van der Waals surface area contributed by atoms with Crippen LogP contribution in [0.25, 0.3) is 10.9 Å². The number of halogens is 1. The van der Waals surface area contributed by atoms with Gasteiger partial charge < -0.3 is 9.47 Å². The van der Waals surface area contributed by atoms with Gasteiger partial charge in [0.05, 0.1) is 19.2 Å². The van der Waals surface area contributed by atoms with E-state index in [1.54, 1.807) is 68.0 Å². The van der Waals surface area contributed by atoms with Crippen molar-refractivity contribution in [3.63, 3.8) is 0 Å². The maximum atomic E-state index is 13.2. The van der Waals surface area contributed by atoms with Gasteiger partial charge in [0.15, 0.2) is 0 Å². The molecule has 0 atom stereocenters. The number of nitrogens with zero attached hydrogens (tertiary/aromatic N) is 1. The minimum Gasteiger partial charge on any atom is -0.497 e. The number of carbonyl (C=O) groups is 3. The highest BCUT2D eigenvalue weighted by Gasteiger charge is 2.23. The van der Waals surface area contributed by atoms with Gasteiger partial charge in [-0.2, -0.15) is 0 Å². The predicted molar refractivity (Wildman–Crippen MR) is 114 cm³/mol. The topological polar surface area (TPSA) is 74.6 Å². The third-order valence-corrected chi connectivity index (χ3v) is 5.11. The van der Waals surface area contributed by atoms with Crippen molar-refractivity contribution in [2.24, 2.45) is 0 Å². The van der Waals surface area contributed by atoms with Crippen LogP contribution < -0.4 is 4.74 Å². The van der Waals surface area contributed by atoms with Crippen LogP contribution in [-0.2, 0) is 20.7 Å². The van der Waals surface area contributed by atoms with Gasteiger partial charge in [-0.3, -0.25) is 19.0 Å². The van der Waals surface area contributed by atoms with E-state index in [2.05, 4.69) is 0 Å². The average Bonchev–Trinajstić information content (AvgIpc) is 2.98. The zero-order chi connectivity index (χ0) is 21.8. The number of esters is 1. The molecule has 30 heavy (non-hydrogen) atoms. The Bertz CT molecular complexity index is 1110. The molecule has 3 aromatic rings. The third kappa shape index (κ3) is 4.39. The standard InChI is InChI=1S/C23H22ClNO5/c1-4-30-22(27)12-17(26)11-19-14(2)25(21-10-9-18(29-3)13-20(19)21)23(28)15-5-7-16(24)8-6-15/h5-10,13H,4,11-12H2,1-3H3. The maximum Gasteiger partial charge on any atom is 0.313 e. The van der Waals surface area contributed by atoms with E-state index < -0.39 is 5.97 Å². The van der Waals surface area contributed by atoms with Gasteiger partial charge >= 0.3 is 5.97 Å². The second-order valence-electron chi connectivity index (χ2n) is 6.79. The van der Waals surface area contributed by atoms with E-state index in [0.717, 1.165) is 5.39 Å². The molecule has 0 N–H and O–H groups in total. The monoisotopic (exact) mass is 427 g/mol. The minimum atomic E-state index is -0.557. The molecule has 0 aliphatic heterocycles. The first-order valence-corrected chi connectivity index (χ1v) is 9.89. The molecule has 7 heteroatoms.